The number of nitrogens with two attached hydrogens (primary N) is 1. The number of hydrogen-bond donors (Lipinski definition) is 5. The van der Waals surface area contributed by atoms with Crippen molar-refractivity contribution in [1.82, 2.24) is 94.9 Å². The largest absolute Gasteiger partial charge is 0.355 e. The number of isothiocyanates is 1. The fourth-order valence-corrected chi connectivity index (χ4v) is 8.41. The van der Waals surface area contributed by atoms with Crippen molar-refractivity contribution < 1.29 is 9.59 Å². The first-order valence-electron chi connectivity index (χ1n) is 24.3. The van der Waals surface area contributed by atoms with Gasteiger partial charge in [0.15, 0.2) is 16.7 Å². The summed E-state index contributed by atoms with van der Waals surface area (Å²) in [5.41, 5.74) is 12.7. The number of likely N-dealkylation sites (N-methyl/N-ethyl adjacent to an activating group) is 2. The molecule has 0 saturated carbocycles. The van der Waals surface area contributed by atoms with Crippen LogP contribution in [0.1, 0.15) is 5.01 Å². The average molecular weight is 1130 g/mol. The highest BCUT2D eigenvalue weighted by atomic mass is 32.1. The van der Waals surface area contributed by atoms with Crippen molar-refractivity contribution in [2.45, 2.75) is 6.54 Å². The van der Waals surface area contributed by atoms with Crippen molar-refractivity contribution in [1.29, 1.82) is 0 Å². The minimum absolute atomic E-state index is 0.0564. The average Bonchev–Trinajstić information content (AvgIpc) is 4.27. The predicted octanol–water partition coefficient (Wildman–Crippen LogP) is 5.44. The summed E-state index contributed by atoms with van der Waals surface area (Å²) in [7, 11) is 17.0. The zero-order chi connectivity index (χ0) is 57.3. The summed E-state index contributed by atoms with van der Waals surface area (Å²) >= 11 is 11.3. The summed E-state index contributed by atoms with van der Waals surface area (Å²) in [5, 5.41) is 34.4. The summed E-state index contributed by atoms with van der Waals surface area (Å²) in [6.45, 7) is 1.65. The van der Waals surface area contributed by atoms with E-state index in [4.69, 9.17) is 18.1 Å². The van der Waals surface area contributed by atoms with E-state index in [2.05, 4.69) is 98.6 Å². The van der Waals surface area contributed by atoms with Gasteiger partial charge >= 0.3 is 0 Å². The Morgan fingerprint density at radius 1 is 0.625 bits per heavy atom. The van der Waals surface area contributed by atoms with Gasteiger partial charge < -0.3 is 30.7 Å². The number of carbonyl (C=O) groups is 2. The van der Waals surface area contributed by atoms with Crippen LogP contribution in [0.25, 0.3) is 66.5 Å². The Morgan fingerprint density at radius 2 is 1.11 bits per heavy atom. The normalized spacial score (nSPS) is 10.8. The molecule has 6 N–H and O–H groups in total. The first-order valence-corrected chi connectivity index (χ1v) is 26.0. The van der Waals surface area contributed by atoms with Crippen LogP contribution in [-0.2, 0) is 37.3 Å². The highest BCUT2D eigenvalue weighted by molar-refractivity contribution is 7.80. The summed E-state index contributed by atoms with van der Waals surface area (Å²) in [6, 6.07) is 17.1. The quantitative estimate of drug-likeness (QED) is 0.0281. The van der Waals surface area contributed by atoms with Gasteiger partial charge in [-0.1, -0.05) is 11.3 Å². The zero-order valence-corrected chi connectivity index (χ0v) is 47.8. The summed E-state index contributed by atoms with van der Waals surface area (Å²) in [5.74, 6) is 6.52. The molecule has 0 radical (unpaired) electrons. The van der Waals surface area contributed by atoms with Crippen molar-refractivity contribution in [2.24, 2.45) is 32.0 Å². The van der Waals surface area contributed by atoms with Crippen molar-refractivity contribution in [3.63, 3.8) is 0 Å². The van der Waals surface area contributed by atoms with Crippen LogP contribution in [-0.4, -0.2) is 168 Å². The van der Waals surface area contributed by atoms with Gasteiger partial charge in [-0.05, 0) is 121 Å². The monoisotopic (exact) mass is 1130 g/mol. The molecule has 10 aromatic heterocycles. The number of rotatable bonds is 15. The molecule has 0 fully saturated rings. The molecule has 0 atom stereocenters. The topological polar surface area (TPSA) is 287 Å². The Hall–Kier alpha value is -8.86. The molecule has 10 rings (SSSR count). The highest BCUT2D eigenvalue weighted by Gasteiger charge is 2.11. The number of pyridine rings is 6. The second-order valence-corrected chi connectivity index (χ2v) is 20.2. The molecular weight excluding hydrogens is 1070 g/mol. The molecule has 25 nitrogen and oxygen atoms in total. The van der Waals surface area contributed by atoms with Crippen LogP contribution in [0.2, 0.25) is 0 Å². The maximum Gasteiger partial charge on any atom is 0.248 e. The third kappa shape index (κ3) is 17.6. The van der Waals surface area contributed by atoms with Crippen LogP contribution in [0.3, 0.4) is 0 Å². The Balaban J connectivity index is 0.000000164. The van der Waals surface area contributed by atoms with Gasteiger partial charge in [-0.25, -0.2) is 20.8 Å². The Bertz CT molecular complexity index is 3790. The Morgan fingerprint density at radius 3 is 1.56 bits per heavy atom. The van der Waals surface area contributed by atoms with E-state index in [0.717, 1.165) is 89.0 Å². The number of aromatic nitrogens is 14. The molecule has 0 aliphatic rings. The third-order valence-electron chi connectivity index (χ3n) is 10.8. The van der Waals surface area contributed by atoms with E-state index in [1.165, 1.54) is 11.3 Å². The standard InChI is InChI=1S/C18H21N7OS.C17H18N8S.C13H9N5S.C4H11N3O/c1-24(2)11-14(26)9-20-18(27)23-17-5-4-15-16(22-17)6-12(7-19-15)13-8-21-25(3)10-13;1-24(2)10-16-22-23-17(26-16)21-15-5-4-13-14(20-15)6-11(7-18-13)12-8-19-25(3)9-12;1-18-7-10(6-16-18)9-4-12-11(14-5-9)2-3-13(17-12)15-8-19;1-7(2)3-4(8)6-5/h4-8,10H,9,11H2,1-3H3,(H2,20,22,23,27);4-9H,10H2,1-3H3,(H,20,21,23);2-7H,1H3;3,5H2,1-2H3,(H,6,8). The molecule has 28 heteroatoms. The van der Waals surface area contributed by atoms with Crippen LogP contribution in [0, 0.1) is 0 Å². The van der Waals surface area contributed by atoms with Gasteiger partial charge in [0.05, 0.1) is 83.0 Å². The maximum atomic E-state index is 11.7. The number of nitrogens with one attached hydrogen (secondary N) is 4. The number of thiocarbonyl (C=S) groups is 2. The first kappa shape index (κ1) is 58.8. The molecular formula is C52H59N23O2S3. The molecule has 0 aliphatic carbocycles. The SMILES string of the molecule is CN(C)CC(=O)CNC(=S)Nc1ccc2ncc(-c3cnn(C)c3)cc2n1.CN(C)CC(=O)NN.CN(C)Cc1nnc(Nc2ccc3ncc(-c4cnn(C)c4)cc3n2)s1.Cn1cc(-c2cnc3ccc(N=C=S)nc3c2)cn1. The van der Waals surface area contributed by atoms with Gasteiger partial charge in [0, 0.05) is 91.7 Å². The molecule has 10 heterocycles. The van der Waals surface area contributed by atoms with Crippen molar-refractivity contribution >= 4 is 113 Å². The van der Waals surface area contributed by atoms with Gasteiger partial charge in [0.1, 0.15) is 16.6 Å². The second-order valence-electron chi connectivity index (χ2n) is 18.5. The molecule has 0 aromatic carbocycles. The minimum atomic E-state index is -0.171. The van der Waals surface area contributed by atoms with E-state index < -0.39 is 0 Å². The molecule has 0 bridgehead atoms. The lowest BCUT2D eigenvalue weighted by molar-refractivity contribution is -0.121. The maximum absolute atomic E-state index is 11.7. The van der Waals surface area contributed by atoms with Gasteiger partial charge in [0.2, 0.25) is 11.0 Å². The van der Waals surface area contributed by atoms with Gasteiger partial charge in [-0.15, -0.1) is 10.2 Å². The molecule has 1 amide bonds. The molecule has 80 heavy (non-hydrogen) atoms. The molecule has 0 saturated heterocycles. The van der Waals surface area contributed by atoms with Crippen LogP contribution in [0.15, 0.2) is 115 Å². The lowest BCUT2D eigenvalue weighted by Crippen LogP contribution is -2.37. The number of nitrogens with zero attached hydrogens (tertiary/aromatic N) is 18. The van der Waals surface area contributed by atoms with Crippen molar-refractivity contribution in [3.8, 4) is 33.4 Å². The van der Waals surface area contributed by atoms with Crippen LogP contribution in [0.5, 0.6) is 0 Å². The number of anilines is 3. The Labute approximate surface area is 475 Å². The van der Waals surface area contributed by atoms with Gasteiger partial charge in [0.25, 0.3) is 0 Å². The number of aryl methyl sites for hydroxylation is 3. The number of hydrogen-bond acceptors (Lipinski definition) is 22. The van der Waals surface area contributed by atoms with E-state index in [0.29, 0.717) is 29.8 Å². The zero-order valence-electron chi connectivity index (χ0n) is 45.4. The lowest BCUT2D eigenvalue weighted by atomic mass is 10.1. The van der Waals surface area contributed by atoms with Gasteiger partial charge in [-0.3, -0.25) is 44.0 Å². The number of aliphatic imine (C=N–C) groups is 1. The van der Waals surface area contributed by atoms with Crippen molar-refractivity contribution in [3.05, 3.63) is 115 Å². The summed E-state index contributed by atoms with van der Waals surface area (Å²) in [6.07, 6.45) is 16.7. The number of carbonyl (C=O) groups excluding carboxylic acids is 2. The fourth-order valence-electron chi connectivity index (χ4n) is 7.27. The first-order chi connectivity index (χ1) is 38.4. The number of ketones is 1. The van der Waals surface area contributed by atoms with E-state index >= 15 is 0 Å². The molecule has 0 spiro atoms. The van der Waals surface area contributed by atoms with E-state index in [1.807, 2.05) is 139 Å². The number of amides is 1. The van der Waals surface area contributed by atoms with E-state index in [1.54, 1.807) is 63.8 Å². The van der Waals surface area contributed by atoms with E-state index in [9.17, 15) is 9.59 Å². The molecule has 412 valence electrons. The Kier molecular flexibility index (Phi) is 20.7. The fraction of sp³-hybridized carbons (Fsp3) is 0.250. The molecule has 0 unspecified atom stereocenters. The summed E-state index contributed by atoms with van der Waals surface area (Å²) in [4.78, 5) is 58.5. The molecule has 0 aliphatic heterocycles. The predicted molar refractivity (Wildman–Crippen MR) is 319 cm³/mol. The minimum Gasteiger partial charge on any atom is -0.355 e. The number of hydrazine groups is 1. The van der Waals surface area contributed by atoms with Gasteiger partial charge in [-0.2, -0.15) is 20.3 Å². The smallest absolute Gasteiger partial charge is 0.248 e. The lowest BCUT2D eigenvalue weighted by Gasteiger charge is -2.12. The molecule has 10 aromatic rings. The number of fused-ring (bicyclic) bond motifs is 3. The second kappa shape index (κ2) is 28.1. The summed E-state index contributed by atoms with van der Waals surface area (Å²) < 4.78 is 5.26. The van der Waals surface area contributed by atoms with E-state index in [-0.39, 0.29) is 18.2 Å². The number of Topliss-reactive ketones (excluding diaryl/α,β-unsaturated/α-hetero) is 1. The van der Waals surface area contributed by atoms with Crippen molar-refractivity contribution in [2.75, 3.05) is 72.6 Å². The van der Waals surface area contributed by atoms with Crippen LogP contribution < -0.4 is 27.2 Å². The van der Waals surface area contributed by atoms with Crippen LogP contribution >= 0.6 is 35.8 Å². The highest BCUT2D eigenvalue weighted by Crippen LogP contribution is 2.27. The van der Waals surface area contributed by atoms with Crippen LogP contribution in [0.4, 0.5) is 22.6 Å². The third-order valence-corrected chi connectivity index (χ3v) is 12.0.